The van der Waals surface area contributed by atoms with E-state index in [4.69, 9.17) is 14.0 Å². The first kappa shape index (κ1) is 21.7. The first-order valence-electron chi connectivity index (χ1n) is 10.3. The maximum absolute atomic E-state index is 12.7. The number of anilines is 1. The van der Waals surface area contributed by atoms with Crippen LogP contribution < -0.4 is 19.5 Å². The quantitative estimate of drug-likeness (QED) is 0.496. The Morgan fingerprint density at radius 1 is 1.18 bits per heavy atom. The molecule has 5 rings (SSSR count). The molecule has 1 aromatic carbocycles. The molecule has 0 atom stereocenters. The fraction of sp³-hybridized carbons (Fsp3) is 0.273. The summed E-state index contributed by atoms with van der Waals surface area (Å²) in [6, 6.07) is 8.56. The number of benzene rings is 1. The summed E-state index contributed by atoms with van der Waals surface area (Å²) in [6.07, 6.45) is 5.20. The van der Waals surface area contributed by atoms with E-state index in [9.17, 15) is 13.2 Å². The number of nitrogens with one attached hydrogen (secondary N) is 2. The summed E-state index contributed by atoms with van der Waals surface area (Å²) in [4.78, 5) is 12.8. The smallest absolute Gasteiger partial charge is 0.250 e. The van der Waals surface area contributed by atoms with E-state index in [1.165, 1.54) is 0 Å². The highest BCUT2D eigenvalue weighted by atomic mass is 32.2. The van der Waals surface area contributed by atoms with E-state index in [2.05, 4.69) is 15.2 Å². The molecule has 1 fully saturated rings. The minimum absolute atomic E-state index is 0.0333. The first-order valence-corrected chi connectivity index (χ1v) is 12.6. The molecule has 1 amide bonds. The molecule has 2 aliphatic rings. The molecule has 0 bridgehead atoms. The number of fused-ring (bicyclic) bond motifs is 1. The Hall–Kier alpha value is -3.15. The van der Waals surface area contributed by atoms with Crippen LogP contribution in [0.2, 0.25) is 0 Å². The standard InChI is InChI=1S/C22H21N3O6S2/c1-13-21(24-22(26)15-3-4-15)18(31-25-13)8-5-16-6-9-20(32-16)33(27,28)23-11-14-2-7-17-19(10-14)30-12-29-17/h2,5-10,15,23H,3-4,11-12H2,1H3,(H,24,26)/b8-5+. The van der Waals surface area contributed by atoms with Crippen LogP contribution in [0.25, 0.3) is 12.2 Å². The largest absolute Gasteiger partial charge is 0.454 e. The monoisotopic (exact) mass is 487 g/mol. The highest BCUT2D eigenvalue weighted by molar-refractivity contribution is 7.91. The van der Waals surface area contributed by atoms with Gasteiger partial charge in [-0.2, -0.15) is 0 Å². The van der Waals surface area contributed by atoms with Crippen molar-refractivity contribution in [1.82, 2.24) is 9.88 Å². The molecule has 1 saturated carbocycles. The van der Waals surface area contributed by atoms with Gasteiger partial charge in [0.15, 0.2) is 17.3 Å². The topological polar surface area (TPSA) is 120 Å². The summed E-state index contributed by atoms with van der Waals surface area (Å²) in [5, 5.41) is 6.79. The molecule has 9 nitrogen and oxygen atoms in total. The van der Waals surface area contributed by atoms with Gasteiger partial charge in [0, 0.05) is 17.3 Å². The van der Waals surface area contributed by atoms with E-state index >= 15 is 0 Å². The van der Waals surface area contributed by atoms with Gasteiger partial charge in [-0.1, -0.05) is 11.2 Å². The molecule has 1 aliphatic heterocycles. The van der Waals surface area contributed by atoms with Gasteiger partial charge < -0.3 is 19.3 Å². The zero-order chi connectivity index (χ0) is 23.0. The van der Waals surface area contributed by atoms with E-state index in [1.54, 1.807) is 49.4 Å². The molecule has 3 aromatic rings. The molecule has 1 aliphatic carbocycles. The van der Waals surface area contributed by atoms with Crippen LogP contribution in [0.5, 0.6) is 11.5 Å². The Labute approximate surface area is 194 Å². The number of amides is 1. The molecule has 0 saturated heterocycles. The van der Waals surface area contributed by atoms with Crippen molar-refractivity contribution in [2.24, 2.45) is 5.92 Å². The number of rotatable bonds is 8. The Morgan fingerprint density at radius 3 is 2.82 bits per heavy atom. The van der Waals surface area contributed by atoms with E-state index in [0.717, 1.165) is 29.7 Å². The van der Waals surface area contributed by atoms with Crippen LogP contribution in [0.1, 0.15) is 34.7 Å². The molecule has 2 aromatic heterocycles. The third-order valence-electron chi connectivity index (χ3n) is 5.25. The summed E-state index contributed by atoms with van der Waals surface area (Å²) < 4.78 is 44.1. The van der Waals surface area contributed by atoms with Crippen molar-refractivity contribution in [2.45, 2.75) is 30.5 Å². The maximum atomic E-state index is 12.7. The molecular weight excluding hydrogens is 466 g/mol. The average Bonchev–Trinajstić information content (AvgIpc) is 3.19. The number of aryl methyl sites for hydroxylation is 1. The number of hydrogen-bond acceptors (Lipinski definition) is 8. The summed E-state index contributed by atoms with van der Waals surface area (Å²) in [7, 11) is -3.69. The molecule has 2 N–H and O–H groups in total. The lowest BCUT2D eigenvalue weighted by Gasteiger charge is -2.06. The first-order chi connectivity index (χ1) is 15.9. The number of nitrogens with zero attached hydrogens (tertiary/aromatic N) is 1. The van der Waals surface area contributed by atoms with Crippen LogP contribution in [-0.2, 0) is 21.4 Å². The molecular formula is C22H21N3O6S2. The lowest BCUT2D eigenvalue weighted by atomic mass is 10.2. The molecule has 0 spiro atoms. The number of carbonyl (C=O) groups is 1. The fourth-order valence-corrected chi connectivity index (χ4v) is 5.54. The lowest BCUT2D eigenvalue weighted by molar-refractivity contribution is -0.117. The highest BCUT2D eigenvalue weighted by Crippen LogP contribution is 2.33. The molecule has 0 radical (unpaired) electrons. The second-order valence-electron chi connectivity index (χ2n) is 7.77. The third kappa shape index (κ3) is 4.80. The molecule has 0 unspecified atom stereocenters. The number of carbonyl (C=O) groups excluding carboxylic acids is 1. The predicted molar refractivity (Wildman–Crippen MR) is 122 cm³/mol. The number of sulfonamides is 1. The Balaban J connectivity index is 1.25. The second-order valence-corrected chi connectivity index (χ2v) is 10.9. The Bertz CT molecular complexity index is 1340. The van der Waals surface area contributed by atoms with Crippen LogP contribution in [-0.4, -0.2) is 26.3 Å². The molecule has 33 heavy (non-hydrogen) atoms. The highest BCUT2D eigenvalue weighted by Gasteiger charge is 2.31. The van der Waals surface area contributed by atoms with E-state index < -0.39 is 10.0 Å². The van der Waals surface area contributed by atoms with Crippen LogP contribution in [0.15, 0.2) is 39.1 Å². The van der Waals surface area contributed by atoms with Gasteiger partial charge in [0.25, 0.3) is 0 Å². The van der Waals surface area contributed by atoms with Crippen LogP contribution in [0.4, 0.5) is 5.69 Å². The van der Waals surface area contributed by atoms with Gasteiger partial charge in [-0.15, -0.1) is 11.3 Å². The van der Waals surface area contributed by atoms with Crippen LogP contribution in [0.3, 0.4) is 0 Å². The van der Waals surface area contributed by atoms with E-state index in [1.807, 2.05) is 0 Å². The van der Waals surface area contributed by atoms with Gasteiger partial charge in [-0.3, -0.25) is 4.79 Å². The van der Waals surface area contributed by atoms with Crippen molar-refractivity contribution in [2.75, 3.05) is 12.1 Å². The number of ether oxygens (including phenoxy) is 2. The normalized spacial score (nSPS) is 15.3. The SMILES string of the molecule is Cc1noc(/C=C/c2ccc(S(=O)(=O)NCc3ccc4c(c3)OCO4)s2)c1NC(=O)C1CC1. The van der Waals surface area contributed by atoms with Crippen LogP contribution in [0, 0.1) is 12.8 Å². The Morgan fingerprint density at radius 2 is 2.00 bits per heavy atom. The summed E-state index contributed by atoms with van der Waals surface area (Å²) in [6.45, 7) is 2.05. The van der Waals surface area contributed by atoms with Crippen molar-refractivity contribution < 1.29 is 27.2 Å². The fourth-order valence-electron chi connectivity index (χ4n) is 3.25. The number of hydrogen-bond donors (Lipinski definition) is 2. The number of aromatic nitrogens is 1. The van der Waals surface area contributed by atoms with Crippen molar-refractivity contribution in [1.29, 1.82) is 0 Å². The summed E-state index contributed by atoms with van der Waals surface area (Å²) >= 11 is 1.12. The molecule has 11 heteroatoms. The summed E-state index contributed by atoms with van der Waals surface area (Å²) in [5.41, 5.74) is 1.89. The lowest BCUT2D eigenvalue weighted by Crippen LogP contribution is -2.22. The van der Waals surface area contributed by atoms with Gasteiger partial charge in [-0.25, -0.2) is 13.1 Å². The van der Waals surface area contributed by atoms with Crippen molar-refractivity contribution in [3.05, 3.63) is 52.2 Å². The van der Waals surface area contributed by atoms with E-state index in [-0.39, 0.29) is 29.4 Å². The van der Waals surface area contributed by atoms with Gasteiger partial charge in [0.1, 0.15) is 15.6 Å². The minimum atomic E-state index is -3.69. The molecule has 3 heterocycles. The van der Waals surface area contributed by atoms with Gasteiger partial charge in [0.2, 0.25) is 22.7 Å². The van der Waals surface area contributed by atoms with Gasteiger partial charge >= 0.3 is 0 Å². The minimum Gasteiger partial charge on any atom is -0.454 e. The van der Waals surface area contributed by atoms with Crippen molar-refractivity contribution >= 4 is 45.1 Å². The Kier molecular flexibility index (Phi) is 5.69. The zero-order valence-corrected chi connectivity index (χ0v) is 19.3. The maximum Gasteiger partial charge on any atom is 0.250 e. The van der Waals surface area contributed by atoms with Gasteiger partial charge in [0.05, 0.1) is 0 Å². The van der Waals surface area contributed by atoms with Crippen molar-refractivity contribution in [3.8, 4) is 11.5 Å². The zero-order valence-electron chi connectivity index (χ0n) is 17.7. The molecule has 172 valence electrons. The summed E-state index contributed by atoms with van der Waals surface area (Å²) in [5.74, 6) is 1.69. The number of thiophene rings is 1. The van der Waals surface area contributed by atoms with Crippen molar-refractivity contribution in [3.63, 3.8) is 0 Å². The van der Waals surface area contributed by atoms with E-state index in [0.29, 0.717) is 33.5 Å². The van der Waals surface area contributed by atoms with Gasteiger partial charge in [-0.05, 0) is 61.7 Å². The third-order valence-corrected chi connectivity index (χ3v) is 8.20. The second kappa shape index (κ2) is 8.65. The predicted octanol–water partition coefficient (Wildman–Crippen LogP) is 3.77. The van der Waals surface area contributed by atoms with Crippen LogP contribution >= 0.6 is 11.3 Å². The average molecular weight is 488 g/mol.